The van der Waals surface area contributed by atoms with Crippen molar-refractivity contribution in [2.75, 3.05) is 0 Å². The van der Waals surface area contributed by atoms with Gasteiger partial charge in [-0.1, -0.05) is 0 Å². The van der Waals surface area contributed by atoms with E-state index in [1.807, 2.05) is 25.5 Å². The van der Waals surface area contributed by atoms with Crippen LogP contribution in [-0.4, -0.2) is 19.7 Å². The van der Waals surface area contributed by atoms with Crippen molar-refractivity contribution in [1.29, 1.82) is 0 Å². The molecule has 0 unspecified atom stereocenters. The zero-order valence-electron chi connectivity index (χ0n) is 6.86. The van der Waals surface area contributed by atoms with Gasteiger partial charge in [0.15, 0.2) is 0 Å². The molecule has 0 spiro atoms. The summed E-state index contributed by atoms with van der Waals surface area (Å²) in [6, 6.07) is 0. The lowest BCUT2D eigenvalue weighted by Gasteiger charge is -2.00. The standard InChI is InChI=1S/C8H10N4/c1-7-9-2-3-12(7)6-8-4-10-11-5-8/h2-5H,6H2,1H3,(H,10,11). The van der Waals surface area contributed by atoms with Crippen LogP contribution < -0.4 is 0 Å². The summed E-state index contributed by atoms with van der Waals surface area (Å²) >= 11 is 0. The highest BCUT2D eigenvalue weighted by Crippen LogP contribution is 2.01. The van der Waals surface area contributed by atoms with Crippen molar-refractivity contribution in [3.63, 3.8) is 0 Å². The minimum atomic E-state index is 0.836. The molecule has 0 aromatic carbocycles. The second kappa shape index (κ2) is 2.81. The van der Waals surface area contributed by atoms with Gasteiger partial charge in [0.25, 0.3) is 0 Å². The molecule has 0 atom stereocenters. The van der Waals surface area contributed by atoms with Crippen molar-refractivity contribution < 1.29 is 0 Å². The predicted molar refractivity (Wildman–Crippen MR) is 44.7 cm³/mol. The maximum Gasteiger partial charge on any atom is 0.105 e. The van der Waals surface area contributed by atoms with Gasteiger partial charge in [-0.3, -0.25) is 5.10 Å². The Hall–Kier alpha value is -1.58. The van der Waals surface area contributed by atoms with Crippen LogP contribution in [0.15, 0.2) is 24.8 Å². The van der Waals surface area contributed by atoms with E-state index in [-0.39, 0.29) is 0 Å². The van der Waals surface area contributed by atoms with Crippen LogP contribution in [0.25, 0.3) is 0 Å². The minimum Gasteiger partial charge on any atom is -0.331 e. The summed E-state index contributed by atoms with van der Waals surface area (Å²) in [6.45, 7) is 2.82. The van der Waals surface area contributed by atoms with Crippen LogP contribution in [-0.2, 0) is 6.54 Å². The highest BCUT2D eigenvalue weighted by Gasteiger charge is 1.98. The zero-order valence-corrected chi connectivity index (χ0v) is 6.86. The maximum absolute atomic E-state index is 4.13. The molecule has 0 aliphatic heterocycles. The molecular weight excluding hydrogens is 152 g/mol. The average molecular weight is 162 g/mol. The topological polar surface area (TPSA) is 46.5 Å². The molecule has 4 nitrogen and oxygen atoms in total. The lowest BCUT2D eigenvalue weighted by molar-refractivity contribution is 0.762. The van der Waals surface area contributed by atoms with Gasteiger partial charge in [-0.2, -0.15) is 5.10 Å². The third kappa shape index (κ3) is 1.23. The molecule has 2 aromatic rings. The lowest BCUT2D eigenvalue weighted by Crippen LogP contribution is -1.99. The van der Waals surface area contributed by atoms with Gasteiger partial charge in [-0.25, -0.2) is 4.98 Å². The number of aromatic amines is 1. The van der Waals surface area contributed by atoms with Gasteiger partial charge in [0.05, 0.1) is 12.7 Å². The Labute approximate surface area is 70.3 Å². The Morgan fingerprint density at radius 1 is 1.58 bits per heavy atom. The van der Waals surface area contributed by atoms with Gasteiger partial charge in [0, 0.05) is 24.2 Å². The number of nitrogens with zero attached hydrogens (tertiary/aromatic N) is 3. The van der Waals surface area contributed by atoms with E-state index >= 15 is 0 Å². The largest absolute Gasteiger partial charge is 0.331 e. The van der Waals surface area contributed by atoms with Gasteiger partial charge in [0.2, 0.25) is 0 Å². The molecule has 0 radical (unpaired) electrons. The third-order valence-corrected chi connectivity index (χ3v) is 1.83. The molecule has 2 aromatic heterocycles. The Kier molecular flexibility index (Phi) is 1.66. The first-order chi connectivity index (χ1) is 5.86. The molecule has 0 aliphatic rings. The first kappa shape index (κ1) is 7.09. The zero-order chi connectivity index (χ0) is 8.39. The molecule has 2 rings (SSSR count). The lowest BCUT2D eigenvalue weighted by atomic mass is 10.3. The summed E-state index contributed by atoms with van der Waals surface area (Å²) in [6.07, 6.45) is 7.47. The molecule has 4 heteroatoms. The van der Waals surface area contributed by atoms with Crippen LogP contribution in [0.3, 0.4) is 0 Å². The number of nitrogens with one attached hydrogen (secondary N) is 1. The normalized spacial score (nSPS) is 10.4. The SMILES string of the molecule is Cc1nccn1Cc1cn[nH]c1. The highest BCUT2D eigenvalue weighted by atomic mass is 15.1. The Morgan fingerprint density at radius 2 is 2.50 bits per heavy atom. The van der Waals surface area contributed by atoms with E-state index < -0.39 is 0 Å². The van der Waals surface area contributed by atoms with Crippen LogP contribution >= 0.6 is 0 Å². The maximum atomic E-state index is 4.13. The molecule has 0 saturated heterocycles. The van der Waals surface area contributed by atoms with E-state index in [9.17, 15) is 0 Å². The first-order valence-corrected chi connectivity index (χ1v) is 3.81. The van der Waals surface area contributed by atoms with Crippen molar-refractivity contribution in [2.24, 2.45) is 0 Å². The van der Waals surface area contributed by atoms with Crippen molar-refractivity contribution in [3.8, 4) is 0 Å². The van der Waals surface area contributed by atoms with Crippen LogP contribution in [0.4, 0.5) is 0 Å². The summed E-state index contributed by atoms with van der Waals surface area (Å²) < 4.78 is 2.07. The van der Waals surface area contributed by atoms with E-state index in [1.165, 1.54) is 0 Å². The van der Waals surface area contributed by atoms with E-state index in [0.717, 1.165) is 17.9 Å². The molecule has 0 fully saturated rings. The van der Waals surface area contributed by atoms with Gasteiger partial charge in [0.1, 0.15) is 5.82 Å². The number of aryl methyl sites for hydroxylation is 1. The Morgan fingerprint density at radius 3 is 3.08 bits per heavy atom. The summed E-state index contributed by atoms with van der Waals surface area (Å²) in [5.41, 5.74) is 1.16. The third-order valence-electron chi connectivity index (χ3n) is 1.83. The van der Waals surface area contributed by atoms with Crippen molar-refractivity contribution in [1.82, 2.24) is 19.7 Å². The van der Waals surface area contributed by atoms with Crippen LogP contribution in [0.5, 0.6) is 0 Å². The molecule has 62 valence electrons. The molecule has 2 heterocycles. The smallest absolute Gasteiger partial charge is 0.105 e. The predicted octanol–water partition coefficient (Wildman–Crippen LogP) is 0.963. The minimum absolute atomic E-state index is 0.836. The van der Waals surface area contributed by atoms with Crippen LogP contribution in [0.1, 0.15) is 11.4 Å². The highest BCUT2D eigenvalue weighted by molar-refractivity contribution is 5.05. The van der Waals surface area contributed by atoms with E-state index in [1.54, 1.807) is 6.20 Å². The van der Waals surface area contributed by atoms with E-state index in [0.29, 0.717) is 0 Å². The summed E-state index contributed by atoms with van der Waals surface area (Å²) in [4.78, 5) is 4.13. The quantitative estimate of drug-likeness (QED) is 0.715. The summed E-state index contributed by atoms with van der Waals surface area (Å²) in [5, 5.41) is 6.65. The number of rotatable bonds is 2. The fraction of sp³-hybridized carbons (Fsp3) is 0.250. The number of hydrogen-bond donors (Lipinski definition) is 1. The fourth-order valence-electron chi connectivity index (χ4n) is 1.13. The van der Waals surface area contributed by atoms with Crippen LogP contribution in [0, 0.1) is 6.92 Å². The van der Waals surface area contributed by atoms with Gasteiger partial charge in [-0.05, 0) is 6.92 Å². The molecular formula is C8H10N4. The fourth-order valence-corrected chi connectivity index (χ4v) is 1.13. The second-order valence-corrected chi connectivity index (χ2v) is 2.71. The molecule has 0 saturated carbocycles. The van der Waals surface area contributed by atoms with Crippen LogP contribution in [0.2, 0.25) is 0 Å². The average Bonchev–Trinajstić information content (AvgIpc) is 2.65. The molecule has 0 bridgehead atoms. The molecule has 0 aliphatic carbocycles. The number of hydrogen-bond acceptors (Lipinski definition) is 2. The summed E-state index contributed by atoms with van der Waals surface area (Å²) in [5.74, 6) is 1.02. The number of aromatic nitrogens is 4. The second-order valence-electron chi connectivity index (χ2n) is 2.71. The van der Waals surface area contributed by atoms with E-state index in [2.05, 4.69) is 19.7 Å². The monoisotopic (exact) mass is 162 g/mol. The molecule has 1 N–H and O–H groups in total. The Balaban J connectivity index is 2.20. The first-order valence-electron chi connectivity index (χ1n) is 3.81. The molecule has 0 amide bonds. The van der Waals surface area contributed by atoms with Crippen molar-refractivity contribution in [2.45, 2.75) is 13.5 Å². The van der Waals surface area contributed by atoms with Crippen molar-refractivity contribution in [3.05, 3.63) is 36.2 Å². The van der Waals surface area contributed by atoms with Gasteiger partial charge >= 0.3 is 0 Å². The molecule has 12 heavy (non-hydrogen) atoms. The number of imidazole rings is 1. The van der Waals surface area contributed by atoms with Crippen molar-refractivity contribution >= 4 is 0 Å². The Bertz CT molecular complexity index is 347. The van der Waals surface area contributed by atoms with Gasteiger partial charge < -0.3 is 4.57 Å². The number of H-pyrrole nitrogens is 1. The summed E-state index contributed by atoms with van der Waals surface area (Å²) in [7, 11) is 0. The van der Waals surface area contributed by atoms with Gasteiger partial charge in [-0.15, -0.1) is 0 Å². The van der Waals surface area contributed by atoms with E-state index in [4.69, 9.17) is 0 Å².